The number of ether oxygens (including phenoxy) is 1. The molecule has 5 aromatic rings. The summed E-state index contributed by atoms with van der Waals surface area (Å²) in [5, 5.41) is 8.35. The molecule has 0 N–H and O–H groups in total. The summed E-state index contributed by atoms with van der Waals surface area (Å²) in [6.45, 7) is 11.0. The molecule has 0 bridgehead atoms. The van der Waals surface area contributed by atoms with Gasteiger partial charge in [0.1, 0.15) is 7.05 Å². The van der Waals surface area contributed by atoms with Gasteiger partial charge in [-0.15, -0.1) is 0 Å². The average molecular weight is 519 g/mol. The number of rotatable bonds is 3. The van der Waals surface area contributed by atoms with Crippen molar-refractivity contribution in [3.05, 3.63) is 77.0 Å². The highest BCUT2D eigenvalue weighted by Gasteiger charge is 2.32. The molecule has 1 saturated heterocycles. The molecule has 0 unspecified atom stereocenters. The van der Waals surface area contributed by atoms with Gasteiger partial charge in [0.05, 0.1) is 10.9 Å². The Morgan fingerprint density at radius 2 is 1.74 bits per heavy atom. The van der Waals surface area contributed by atoms with Crippen molar-refractivity contribution in [3.63, 3.8) is 0 Å². The minimum Gasteiger partial charge on any atom is -0.381 e. The monoisotopic (exact) mass is 518 g/mol. The molecule has 1 fully saturated rings. The molecule has 38 heavy (non-hydrogen) atoms. The van der Waals surface area contributed by atoms with Crippen molar-refractivity contribution in [3.8, 4) is 11.3 Å². The van der Waals surface area contributed by atoms with Crippen LogP contribution in [0.25, 0.3) is 43.6 Å². The van der Waals surface area contributed by atoms with Gasteiger partial charge in [-0.2, -0.15) is 0 Å². The third kappa shape index (κ3) is 3.70. The second-order valence-electron chi connectivity index (χ2n) is 11.9. The lowest BCUT2D eigenvalue weighted by atomic mass is 9.86. The fraction of sp³-hybridized carbons (Fsp3) is 0.343. The predicted molar refractivity (Wildman–Crippen MR) is 161 cm³/mol. The third-order valence-electron chi connectivity index (χ3n) is 8.76. The van der Waals surface area contributed by atoms with E-state index in [1.165, 1.54) is 75.6 Å². The number of pyridine rings is 1. The Labute approximate surface area is 230 Å². The van der Waals surface area contributed by atoms with Crippen molar-refractivity contribution in [2.45, 2.75) is 62.7 Å². The Balaban J connectivity index is 1.56. The Kier molecular flexibility index (Phi) is 5.79. The van der Waals surface area contributed by atoms with Crippen molar-refractivity contribution in [2.75, 3.05) is 13.2 Å². The number of benzene rings is 4. The molecule has 2 nitrogen and oxygen atoms in total. The molecular weight excluding hydrogens is 482 g/mol. The van der Waals surface area contributed by atoms with E-state index in [0.717, 1.165) is 32.5 Å². The second-order valence-corrected chi connectivity index (χ2v) is 12.9. The van der Waals surface area contributed by atoms with Gasteiger partial charge in [0.15, 0.2) is 6.20 Å². The Morgan fingerprint density at radius 1 is 0.921 bits per heavy atom. The van der Waals surface area contributed by atoms with E-state index in [-0.39, 0.29) is 0 Å². The molecule has 1 aromatic heterocycles. The summed E-state index contributed by atoms with van der Waals surface area (Å²) >= 11 is 2.00. The molecule has 0 atom stereocenters. The van der Waals surface area contributed by atoms with Crippen molar-refractivity contribution in [1.82, 2.24) is 0 Å². The first-order valence-corrected chi connectivity index (χ1v) is 14.9. The molecule has 3 heteroatoms. The molecule has 0 amide bonds. The van der Waals surface area contributed by atoms with Crippen LogP contribution in [-0.4, -0.2) is 13.2 Å². The van der Waals surface area contributed by atoms with Crippen LogP contribution in [0.3, 0.4) is 0 Å². The second kappa shape index (κ2) is 9.10. The van der Waals surface area contributed by atoms with E-state index in [0.29, 0.717) is 11.8 Å². The molecule has 3 heterocycles. The molecule has 7 rings (SSSR count). The standard InChI is InChI=1S/C35H36NOS/c1-20(2)16-30-26-9-6-21(3)17-28(26)22(4)32-34-33-27(10-13-36(34)5)29-18-24(23-11-14-37-15-12-23)7-8-25(29)19-31(33)38-35(30)32/h6-10,13,17-20,23H,11-12,14-16H2,1-5H3/q+1. The van der Waals surface area contributed by atoms with Crippen LogP contribution in [0.2, 0.25) is 0 Å². The summed E-state index contributed by atoms with van der Waals surface area (Å²) in [4.78, 5) is 2.85. The summed E-state index contributed by atoms with van der Waals surface area (Å²) in [7, 11) is 2.23. The quantitative estimate of drug-likeness (QED) is 0.171. The van der Waals surface area contributed by atoms with Crippen LogP contribution in [-0.2, 0) is 18.2 Å². The summed E-state index contributed by atoms with van der Waals surface area (Å²) in [6, 6.07) is 19.1. The first kappa shape index (κ1) is 24.2. The van der Waals surface area contributed by atoms with Crippen molar-refractivity contribution in [2.24, 2.45) is 13.0 Å². The summed E-state index contributed by atoms with van der Waals surface area (Å²) < 4.78 is 8.02. The molecular formula is C35H36NOS+. The number of nitrogens with zero attached hydrogens (tertiary/aromatic N) is 1. The minimum absolute atomic E-state index is 0.595. The van der Waals surface area contributed by atoms with Gasteiger partial charge in [-0.1, -0.05) is 67.6 Å². The highest BCUT2D eigenvalue weighted by Crippen LogP contribution is 2.53. The Hall–Kier alpha value is -2.88. The lowest BCUT2D eigenvalue weighted by Crippen LogP contribution is -2.32. The summed E-state index contributed by atoms with van der Waals surface area (Å²) in [6.07, 6.45) is 5.61. The highest BCUT2D eigenvalue weighted by molar-refractivity contribution is 8.00. The van der Waals surface area contributed by atoms with E-state index in [2.05, 4.69) is 94.0 Å². The SMILES string of the molecule is Cc1ccc2c(CC(C)C)c3c(c(C)c2c1)-c1c2c(cc4ccc(C5CCOCC5)cc4c2cc[n+]1C)S3. The van der Waals surface area contributed by atoms with E-state index in [9.17, 15) is 0 Å². The van der Waals surface area contributed by atoms with Crippen molar-refractivity contribution in [1.29, 1.82) is 0 Å². The van der Waals surface area contributed by atoms with E-state index in [1.54, 1.807) is 0 Å². The van der Waals surface area contributed by atoms with Crippen LogP contribution >= 0.6 is 11.8 Å². The van der Waals surface area contributed by atoms with Gasteiger partial charge in [0, 0.05) is 34.5 Å². The maximum Gasteiger partial charge on any atom is 0.222 e. The topological polar surface area (TPSA) is 13.1 Å². The fourth-order valence-corrected chi connectivity index (χ4v) is 8.25. The zero-order chi connectivity index (χ0) is 26.1. The normalized spacial score (nSPS) is 15.6. The van der Waals surface area contributed by atoms with Crippen molar-refractivity contribution >= 4 is 44.1 Å². The largest absolute Gasteiger partial charge is 0.381 e. The fourth-order valence-electron chi connectivity index (χ4n) is 6.86. The molecule has 0 saturated carbocycles. The third-order valence-corrected chi connectivity index (χ3v) is 9.95. The van der Waals surface area contributed by atoms with Crippen LogP contribution in [0, 0.1) is 19.8 Å². The minimum atomic E-state index is 0.595. The van der Waals surface area contributed by atoms with Crippen LogP contribution in [0.5, 0.6) is 0 Å². The van der Waals surface area contributed by atoms with E-state index in [4.69, 9.17) is 4.74 Å². The lowest BCUT2D eigenvalue weighted by Gasteiger charge is -2.26. The molecule has 0 aliphatic carbocycles. The zero-order valence-electron chi connectivity index (χ0n) is 23.2. The van der Waals surface area contributed by atoms with Crippen molar-refractivity contribution < 1.29 is 9.30 Å². The number of fused-ring (bicyclic) bond motifs is 5. The van der Waals surface area contributed by atoms with E-state index < -0.39 is 0 Å². The maximum atomic E-state index is 5.66. The smallest absolute Gasteiger partial charge is 0.222 e. The van der Waals surface area contributed by atoms with Crippen LogP contribution < -0.4 is 4.57 Å². The molecule has 192 valence electrons. The van der Waals surface area contributed by atoms with E-state index >= 15 is 0 Å². The highest BCUT2D eigenvalue weighted by atomic mass is 32.2. The van der Waals surface area contributed by atoms with Gasteiger partial charge in [-0.05, 0) is 89.2 Å². The Morgan fingerprint density at radius 3 is 2.53 bits per heavy atom. The van der Waals surface area contributed by atoms with Crippen LogP contribution in [0.4, 0.5) is 0 Å². The maximum absolute atomic E-state index is 5.66. The summed E-state index contributed by atoms with van der Waals surface area (Å²) in [5.74, 6) is 1.19. The average Bonchev–Trinajstić information content (AvgIpc) is 2.92. The number of hydrogen-bond donors (Lipinski definition) is 0. The van der Waals surface area contributed by atoms with Gasteiger partial charge in [0.2, 0.25) is 5.69 Å². The molecule has 2 aliphatic rings. The number of aromatic nitrogens is 1. The summed E-state index contributed by atoms with van der Waals surface area (Å²) in [5.41, 5.74) is 8.52. The molecule has 2 aliphatic heterocycles. The number of hydrogen-bond acceptors (Lipinski definition) is 2. The van der Waals surface area contributed by atoms with Crippen LogP contribution in [0.1, 0.15) is 54.9 Å². The molecule has 4 aromatic carbocycles. The molecule has 0 radical (unpaired) electrons. The Bertz CT molecular complexity index is 1760. The molecule has 0 spiro atoms. The number of aryl methyl sites for hydroxylation is 3. The van der Waals surface area contributed by atoms with E-state index in [1.807, 2.05) is 11.8 Å². The zero-order valence-corrected chi connectivity index (χ0v) is 24.0. The van der Waals surface area contributed by atoms with Gasteiger partial charge in [-0.3, -0.25) is 0 Å². The van der Waals surface area contributed by atoms with Gasteiger partial charge in [-0.25, -0.2) is 4.57 Å². The van der Waals surface area contributed by atoms with Gasteiger partial charge >= 0.3 is 0 Å². The lowest BCUT2D eigenvalue weighted by molar-refractivity contribution is -0.659. The first-order chi connectivity index (χ1) is 18.4. The first-order valence-electron chi connectivity index (χ1n) is 14.1. The van der Waals surface area contributed by atoms with Gasteiger partial charge < -0.3 is 4.74 Å². The van der Waals surface area contributed by atoms with Crippen LogP contribution in [0.15, 0.2) is 64.5 Å². The van der Waals surface area contributed by atoms with Gasteiger partial charge in [0.25, 0.3) is 0 Å². The predicted octanol–water partition coefficient (Wildman–Crippen LogP) is 8.81.